The highest BCUT2D eigenvalue weighted by molar-refractivity contribution is 5.87. The summed E-state index contributed by atoms with van der Waals surface area (Å²) in [4.78, 5) is 25.5. The Morgan fingerprint density at radius 1 is 1.29 bits per heavy atom. The second kappa shape index (κ2) is 10.1. The summed E-state index contributed by atoms with van der Waals surface area (Å²) in [6.45, 7) is 3.44. The van der Waals surface area contributed by atoms with Crippen molar-refractivity contribution in [2.24, 2.45) is 0 Å². The first-order valence-electron chi connectivity index (χ1n) is 8.41. The lowest BCUT2D eigenvalue weighted by atomic mass is 10.1. The van der Waals surface area contributed by atoms with Gasteiger partial charge in [-0.2, -0.15) is 0 Å². The number of piperazine rings is 1. The molecule has 2 rings (SSSR count). The fourth-order valence-corrected chi connectivity index (χ4v) is 2.80. The van der Waals surface area contributed by atoms with E-state index in [1.807, 2.05) is 23.1 Å². The molecular formula is C18H26N2O4. The predicted molar refractivity (Wildman–Crippen MR) is 90.6 cm³/mol. The van der Waals surface area contributed by atoms with Crippen LogP contribution in [0.3, 0.4) is 0 Å². The highest BCUT2D eigenvalue weighted by atomic mass is 16.5. The van der Waals surface area contributed by atoms with Gasteiger partial charge in [-0.05, 0) is 18.4 Å². The zero-order valence-electron chi connectivity index (χ0n) is 14.2. The van der Waals surface area contributed by atoms with Crippen LogP contribution in [0.2, 0.25) is 0 Å². The van der Waals surface area contributed by atoms with Gasteiger partial charge in [0.25, 0.3) is 0 Å². The van der Waals surface area contributed by atoms with Crippen LogP contribution in [-0.2, 0) is 25.5 Å². The number of ether oxygens (including phenoxy) is 2. The minimum Gasteiger partial charge on any atom is -0.469 e. The van der Waals surface area contributed by atoms with Crippen LogP contribution in [0.1, 0.15) is 18.4 Å². The van der Waals surface area contributed by atoms with Crippen molar-refractivity contribution in [3.63, 3.8) is 0 Å². The summed E-state index contributed by atoms with van der Waals surface area (Å²) in [7, 11) is 1.34. The van der Waals surface area contributed by atoms with Gasteiger partial charge < -0.3 is 14.8 Å². The molecule has 1 N–H and O–H groups in total. The number of methoxy groups -OCH3 is 1. The highest BCUT2D eigenvalue weighted by Crippen LogP contribution is 2.10. The fraction of sp³-hybridized carbons (Fsp3) is 0.556. The van der Waals surface area contributed by atoms with Gasteiger partial charge in [0, 0.05) is 26.2 Å². The Labute approximate surface area is 143 Å². The van der Waals surface area contributed by atoms with Gasteiger partial charge in [0.05, 0.1) is 26.2 Å². The fourth-order valence-electron chi connectivity index (χ4n) is 2.80. The molecule has 0 aromatic heterocycles. The number of benzene rings is 1. The monoisotopic (exact) mass is 334 g/mol. The van der Waals surface area contributed by atoms with Gasteiger partial charge in [0.2, 0.25) is 5.91 Å². The summed E-state index contributed by atoms with van der Waals surface area (Å²) in [5, 5.41) is 2.80. The van der Waals surface area contributed by atoms with Crippen LogP contribution in [0.4, 0.5) is 0 Å². The van der Waals surface area contributed by atoms with E-state index < -0.39 is 6.04 Å². The second-order valence-electron chi connectivity index (χ2n) is 5.82. The topological polar surface area (TPSA) is 67.9 Å². The second-order valence-corrected chi connectivity index (χ2v) is 5.82. The van der Waals surface area contributed by atoms with Crippen molar-refractivity contribution >= 4 is 11.9 Å². The van der Waals surface area contributed by atoms with Crippen LogP contribution in [0, 0.1) is 0 Å². The van der Waals surface area contributed by atoms with Crippen molar-refractivity contribution in [3.8, 4) is 0 Å². The van der Waals surface area contributed by atoms with E-state index in [9.17, 15) is 9.59 Å². The van der Waals surface area contributed by atoms with Crippen LogP contribution >= 0.6 is 0 Å². The molecule has 1 aromatic carbocycles. The highest BCUT2D eigenvalue weighted by Gasteiger charge is 2.31. The lowest BCUT2D eigenvalue weighted by Crippen LogP contribution is -2.56. The van der Waals surface area contributed by atoms with E-state index in [0.29, 0.717) is 19.8 Å². The zero-order chi connectivity index (χ0) is 17.2. The number of nitrogens with zero attached hydrogens (tertiary/aromatic N) is 1. The molecule has 0 bridgehead atoms. The molecule has 1 fully saturated rings. The number of hydrogen-bond donors (Lipinski definition) is 1. The third-order valence-corrected chi connectivity index (χ3v) is 4.14. The largest absolute Gasteiger partial charge is 0.469 e. The van der Waals surface area contributed by atoms with Gasteiger partial charge in [-0.1, -0.05) is 30.3 Å². The summed E-state index contributed by atoms with van der Waals surface area (Å²) in [6.07, 6.45) is 1.83. The molecule has 6 nitrogen and oxygen atoms in total. The van der Waals surface area contributed by atoms with Crippen molar-refractivity contribution in [2.45, 2.75) is 25.3 Å². The van der Waals surface area contributed by atoms with E-state index in [0.717, 1.165) is 25.9 Å². The minimum atomic E-state index is -0.435. The number of hydrogen-bond acceptors (Lipinski definition) is 5. The van der Waals surface area contributed by atoms with Crippen LogP contribution in [-0.4, -0.2) is 62.8 Å². The molecular weight excluding hydrogens is 308 g/mol. The number of rotatable bonds is 9. The quantitative estimate of drug-likeness (QED) is 0.539. The molecule has 132 valence electrons. The molecule has 1 aromatic rings. The summed E-state index contributed by atoms with van der Waals surface area (Å²) in [5.41, 5.74) is 1.27. The molecule has 0 radical (unpaired) electrons. The van der Waals surface area contributed by atoms with E-state index in [4.69, 9.17) is 4.74 Å². The molecule has 1 amide bonds. The van der Waals surface area contributed by atoms with E-state index in [2.05, 4.69) is 22.2 Å². The van der Waals surface area contributed by atoms with E-state index in [1.54, 1.807) is 0 Å². The maximum absolute atomic E-state index is 12.0. The molecule has 24 heavy (non-hydrogen) atoms. The minimum absolute atomic E-state index is 0.0944. The van der Waals surface area contributed by atoms with Gasteiger partial charge in [-0.3, -0.25) is 14.5 Å². The summed E-state index contributed by atoms with van der Waals surface area (Å²) >= 11 is 0. The third kappa shape index (κ3) is 5.94. The maximum Gasteiger partial charge on any atom is 0.307 e. The molecule has 1 saturated heterocycles. The smallest absolute Gasteiger partial charge is 0.307 e. The predicted octanol–water partition coefficient (Wildman–Crippen LogP) is 0.999. The van der Waals surface area contributed by atoms with Gasteiger partial charge in [-0.15, -0.1) is 0 Å². The number of carbonyl (C=O) groups excluding carboxylic acids is 2. The van der Waals surface area contributed by atoms with Crippen LogP contribution in [0.5, 0.6) is 0 Å². The van der Waals surface area contributed by atoms with Crippen molar-refractivity contribution in [3.05, 3.63) is 35.9 Å². The van der Waals surface area contributed by atoms with Crippen LogP contribution < -0.4 is 5.32 Å². The third-order valence-electron chi connectivity index (χ3n) is 4.14. The molecule has 0 saturated carbocycles. The molecule has 0 aliphatic carbocycles. The Morgan fingerprint density at radius 2 is 2.08 bits per heavy atom. The summed E-state index contributed by atoms with van der Waals surface area (Å²) in [6, 6.07) is 9.80. The molecule has 6 heteroatoms. The molecule has 1 aliphatic heterocycles. The van der Waals surface area contributed by atoms with E-state index in [-0.39, 0.29) is 18.3 Å². The first-order chi connectivity index (χ1) is 11.7. The van der Waals surface area contributed by atoms with Crippen molar-refractivity contribution in [1.29, 1.82) is 0 Å². The Hall–Kier alpha value is -1.92. The average molecular weight is 334 g/mol. The summed E-state index contributed by atoms with van der Waals surface area (Å²) in [5.74, 6) is -0.460. The lowest BCUT2D eigenvalue weighted by Gasteiger charge is -2.34. The van der Waals surface area contributed by atoms with Crippen molar-refractivity contribution in [2.75, 3.05) is 40.0 Å². The number of nitrogens with one attached hydrogen (secondary N) is 1. The normalized spacial score (nSPS) is 18.2. The molecule has 1 heterocycles. The van der Waals surface area contributed by atoms with Crippen molar-refractivity contribution < 1.29 is 19.1 Å². The Bertz CT molecular complexity index is 521. The van der Waals surface area contributed by atoms with E-state index >= 15 is 0 Å². The summed E-state index contributed by atoms with van der Waals surface area (Å²) < 4.78 is 10.4. The Kier molecular flexibility index (Phi) is 7.71. The Balaban J connectivity index is 1.66. The number of esters is 1. The maximum atomic E-state index is 12.0. The van der Waals surface area contributed by atoms with E-state index in [1.165, 1.54) is 12.7 Å². The van der Waals surface area contributed by atoms with Gasteiger partial charge in [0.15, 0.2) is 0 Å². The van der Waals surface area contributed by atoms with Gasteiger partial charge in [-0.25, -0.2) is 0 Å². The first kappa shape index (κ1) is 18.4. The first-order valence-corrected chi connectivity index (χ1v) is 8.41. The molecule has 1 unspecified atom stereocenters. The van der Waals surface area contributed by atoms with Gasteiger partial charge in [0.1, 0.15) is 0 Å². The van der Waals surface area contributed by atoms with Gasteiger partial charge >= 0.3 is 5.97 Å². The molecule has 0 spiro atoms. The number of amides is 1. The van der Waals surface area contributed by atoms with Crippen LogP contribution in [0.25, 0.3) is 0 Å². The molecule has 1 aliphatic rings. The van der Waals surface area contributed by atoms with Crippen LogP contribution in [0.15, 0.2) is 30.3 Å². The number of carbonyl (C=O) groups is 2. The SMILES string of the molecule is COC(=O)CC1C(=O)NCCN1CCCOCCc1ccccc1. The lowest BCUT2D eigenvalue weighted by molar-refractivity contribution is -0.146. The van der Waals surface area contributed by atoms with Crippen molar-refractivity contribution in [1.82, 2.24) is 10.2 Å². The standard InChI is InChI=1S/C18H26N2O4/c1-23-17(21)14-16-18(22)19-9-11-20(16)10-5-12-24-13-8-15-6-3-2-4-7-15/h2-4,6-7,16H,5,8-14H2,1H3,(H,19,22). The Morgan fingerprint density at radius 3 is 2.83 bits per heavy atom. The average Bonchev–Trinajstić information content (AvgIpc) is 2.61. The zero-order valence-corrected chi connectivity index (χ0v) is 14.2. The molecule has 1 atom stereocenters.